The third-order valence-electron chi connectivity index (χ3n) is 1.64. The Morgan fingerprint density at radius 3 is 2.00 bits per heavy atom. The highest BCUT2D eigenvalue weighted by Crippen LogP contribution is 2.06. The molecule has 0 aromatic carbocycles. The minimum Gasteiger partial charge on any atom is -0.0888 e. The van der Waals surface area contributed by atoms with Crippen LogP contribution in [0.25, 0.3) is 0 Å². The molecule has 0 heteroatoms. The molecule has 0 heterocycles. The number of allylic oxidation sites excluding steroid dienone is 2. The lowest BCUT2D eigenvalue weighted by atomic mass is 10.1. The molecular formula is C11H24. The minimum atomic E-state index is 0.868. The Hall–Kier alpha value is -0.260. The van der Waals surface area contributed by atoms with Crippen molar-refractivity contribution in [2.45, 2.75) is 53.9 Å². The van der Waals surface area contributed by atoms with E-state index < -0.39 is 0 Å². The quantitative estimate of drug-likeness (QED) is 0.529. The predicted molar refractivity (Wildman–Crippen MR) is 54.9 cm³/mol. The summed E-state index contributed by atoms with van der Waals surface area (Å²) < 4.78 is 0. The normalized spacial score (nSPS) is 12.5. The Kier molecular flexibility index (Phi) is 15.1. The lowest BCUT2D eigenvalue weighted by Gasteiger charge is -2.01. The standard InChI is InChI=1S/C9H18.C2H6/c1-4-6-7-8-9(3)5-2;1-2/h6-7,9H,4-5,8H2,1-3H3;1-2H3/b7-6-;/t9-;/m1./s1. The van der Waals surface area contributed by atoms with Crippen LogP contribution in [0, 0.1) is 5.92 Å². The maximum absolute atomic E-state index is 2.29. The average molecular weight is 156 g/mol. The van der Waals surface area contributed by atoms with Crippen molar-refractivity contribution in [1.29, 1.82) is 0 Å². The maximum atomic E-state index is 2.29. The second kappa shape index (κ2) is 12.4. The van der Waals surface area contributed by atoms with E-state index >= 15 is 0 Å². The molecule has 0 aliphatic heterocycles. The molecule has 0 aliphatic rings. The Balaban J connectivity index is 0. The second-order valence-electron chi connectivity index (χ2n) is 2.63. The van der Waals surface area contributed by atoms with Crippen molar-refractivity contribution in [2.75, 3.05) is 0 Å². The number of hydrogen-bond acceptors (Lipinski definition) is 0. The largest absolute Gasteiger partial charge is 0.0888 e. The molecule has 0 aromatic rings. The van der Waals surface area contributed by atoms with E-state index in [4.69, 9.17) is 0 Å². The zero-order chi connectivity index (χ0) is 9.11. The molecule has 0 amide bonds. The van der Waals surface area contributed by atoms with Crippen LogP contribution in [0.5, 0.6) is 0 Å². The first-order chi connectivity index (χ1) is 5.31. The monoisotopic (exact) mass is 156 g/mol. The molecule has 0 saturated heterocycles. The van der Waals surface area contributed by atoms with Crippen molar-refractivity contribution in [2.24, 2.45) is 5.92 Å². The molecule has 68 valence electrons. The van der Waals surface area contributed by atoms with E-state index in [1.165, 1.54) is 19.3 Å². The van der Waals surface area contributed by atoms with Crippen molar-refractivity contribution >= 4 is 0 Å². The van der Waals surface area contributed by atoms with Gasteiger partial charge in [0.25, 0.3) is 0 Å². The topological polar surface area (TPSA) is 0 Å². The molecule has 0 spiro atoms. The Labute approximate surface area is 72.7 Å². The Morgan fingerprint density at radius 2 is 1.64 bits per heavy atom. The van der Waals surface area contributed by atoms with Crippen LogP contribution in [0.2, 0.25) is 0 Å². The predicted octanol–water partition coefficient (Wildman–Crippen LogP) is 4.42. The maximum Gasteiger partial charge on any atom is -0.0325 e. The van der Waals surface area contributed by atoms with E-state index in [1.54, 1.807) is 0 Å². The molecule has 0 saturated carbocycles. The highest BCUT2D eigenvalue weighted by molar-refractivity contribution is 4.81. The van der Waals surface area contributed by atoms with Crippen LogP contribution in [0.15, 0.2) is 12.2 Å². The fraction of sp³-hybridized carbons (Fsp3) is 0.818. The van der Waals surface area contributed by atoms with Gasteiger partial charge in [-0.2, -0.15) is 0 Å². The molecule has 0 N–H and O–H groups in total. The molecular weight excluding hydrogens is 132 g/mol. The fourth-order valence-corrected chi connectivity index (χ4v) is 0.662. The van der Waals surface area contributed by atoms with E-state index in [1.807, 2.05) is 13.8 Å². The molecule has 0 rings (SSSR count). The van der Waals surface area contributed by atoms with Crippen LogP contribution in [0.1, 0.15) is 53.9 Å². The molecule has 0 aliphatic carbocycles. The van der Waals surface area contributed by atoms with Gasteiger partial charge < -0.3 is 0 Å². The first kappa shape index (κ1) is 13.3. The van der Waals surface area contributed by atoms with Gasteiger partial charge in [0, 0.05) is 0 Å². The zero-order valence-electron chi connectivity index (χ0n) is 8.85. The number of hydrogen-bond donors (Lipinski definition) is 0. The van der Waals surface area contributed by atoms with Gasteiger partial charge in [-0.15, -0.1) is 0 Å². The summed E-state index contributed by atoms with van der Waals surface area (Å²) in [5, 5.41) is 0. The van der Waals surface area contributed by atoms with Crippen LogP contribution in [0.4, 0.5) is 0 Å². The highest BCUT2D eigenvalue weighted by Gasteiger charge is 1.91. The van der Waals surface area contributed by atoms with E-state index in [0.29, 0.717) is 0 Å². The average Bonchev–Trinajstić information content (AvgIpc) is 2.08. The van der Waals surface area contributed by atoms with Crippen molar-refractivity contribution in [3.8, 4) is 0 Å². The highest BCUT2D eigenvalue weighted by atomic mass is 14.0. The summed E-state index contributed by atoms with van der Waals surface area (Å²) in [4.78, 5) is 0. The van der Waals surface area contributed by atoms with Gasteiger partial charge in [0.05, 0.1) is 0 Å². The molecule has 0 bridgehead atoms. The first-order valence-corrected chi connectivity index (χ1v) is 4.96. The van der Waals surface area contributed by atoms with Crippen LogP contribution < -0.4 is 0 Å². The lowest BCUT2D eigenvalue weighted by molar-refractivity contribution is 0.571. The van der Waals surface area contributed by atoms with Gasteiger partial charge in [-0.25, -0.2) is 0 Å². The second-order valence-corrected chi connectivity index (χ2v) is 2.63. The van der Waals surface area contributed by atoms with Gasteiger partial charge in [-0.1, -0.05) is 53.2 Å². The molecule has 0 radical (unpaired) electrons. The molecule has 11 heavy (non-hydrogen) atoms. The van der Waals surface area contributed by atoms with Gasteiger partial charge in [0.1, 0.15) is 0 Å². The van der Waals surface area contributed by atoms with Crippen molar-refractivity contribution in [3.05, 3.63) is 12.2 Å². The van der Waals surface area contributed by atoms with Crippen molar-refractivity contribution in [3.63, 3.8) is 0 Å². The summed E-state index contributed by atoms with van der Waals surface area (Å²) in [6, 6.07) is 0. The van der Waals surface area contributed by atoms with E-state index in [0.717, 1.165) is 5.92 Å². The van der Waals surface area contributed by atoms with Crippen molar-refractivity contribution in [1.82, 2.24) is 0 Å². The number of rotatable bonds is 4. The van der Waals surface area contributed by atoms with Gasteiger partial charge >= 0.3 is 0 Å². The molecule has 0 fully saturated rings. The van der Waals surface area contributed by atoms with Gasteiger partial charge in [0.15, 0.2) is 0 Å². The van der Waals surface area contributed by atoms with E-state index in [2.05, 4.69) is 32.9 Å². The fourth-order valence-electron chi connectivity index (χ4n) is 0.662. The van der Waals surface area contributed by atoms with Crippen LogP contribution >= 0.6 is 0 Å². The minimum absolute atomic E-state index is 0.868. The van der Waals surface area contributed by atoms with Crippen LogP contribution in [-0.2, 0) is 0 Å². The smallest absolute Gasteiger partial charge is 0.0325 e. The third-order valence-corrected chi connectivity index (χ3v) is 1.64. The van der Waals surface area contributed by atoms with Gasteiger partial charge in [-0.3, -0.25) is 0 Å². The Morgan fingerprint density at radius 1 is 1.09 bits per heavy atom. The third kappa shape index (κ3) is 12.8. The SMILES string of the molecule is CC.CC/C=C\C[C@H](C)CC. The van der Waals surface area contributed by atoms with Crippen molar-refractivity contribution < 1.29 is 0 Å². The summed E-state index contributed by atoms with van der Waals surface area (Å²) in [6.07, 6.45) is 8.26. The summed E-state index contributed by atoms with van der Waals surface area (Å²) in [7, 11) is 0. The summed E-state index contributed by atoms with van der Waals surface area (Å²) in [5.74, 6) is 0.868. The summed E-state index contributed by atoms with van der Waals surface area (Å²) in [6.45, 7) is 10.7. The van der Waals surface area contributed by atoms with Gasteiger partial charge in [-0.05, 0) is 18.8 Å². The Bertz CT molecular complexity index is 72.1. The van der Waals surface area contributed by atoms with Crippen LogP contribution in [0.3, 0.4) is 0 Å². The molecule has 0 aromatic heterocycles. The summed E-state index contributed by atoms with van der Waals surface area (Å²) >= 11 is 0. The molecule has 0 nitrogen and oxygen atoms in total. The summed E-state index contributed by atoms with van der Waals surface area (Å²) in [5.41, 5.74) is 0. The first-order valence-electron chi connectivity index (χ1n) is 4.96. The van der Waals surface area contributed by atoms with E-state index in [9.17, 15) is 0 Å². The molecule has 1 atom stereocenters. The van der Waals surface area contributed by atoms with Gasteiger partial charge in [0.2, 0.25) is 0 Å². The zero-order valence-corrected chi connectivity index (χ0v) is 8.85. The molecule has 0 unspecified atom stereocenters. The lowest BCUT2D eigenvalue weighted by Crippen LogP contribution is -1.87. The van der Waals surface area contributed by atoms with Crippen LogP contribution in [-0.4, -0.2) is 0 Å². The van der Waals surface area contributed by atoms with E-state index in [-0.39, 0.29) is 0 Å².